The second-order valence-corrected chi connectivity index (χ2v) is 3.29. The monoisotopic (exact) mass is 271 g/mol. The number of halogens is 4. The maximum Gasteiger partial charge on any atom is 0.265 e. The zero-order valence-corrected chi connectivity index (χ0v) is 8.61. The van der Waals surface area contributed by atoms with Gasteiger partial charge in [0.25, 0.3) is 6.43 Å². The SMILES string of the molecule is Oc1cc(C(F)F)c(CCl)nc1Br. The average molecular weight is 272 g/mol. The summed E-state index contributed by atoms with van der Waals surface area (Å²) in [5, 5.41) is 9.08. The van der Waals surface area contributed by atoms with Gasteiger partial charge >= 0.3 is 0 Å². The third-order valence-electron chi connectivity index (χ3n) is 1.43. The predicted octanol–water partition coefficient (Wildman–Crippen LogP) is 3.23. The summed E-state index contributed by atoms with van der Waals surface area (Å²) >= 11 is 8.31. The van der Waals surface area contributed by atoms with Crippen LogP contribution in [0.2, 0.25) is 0 Å². The van der Waals surface area contributed by atoms with Crippen LogP contribution in [0, 0.1) is 0 Å². The van der Waals surface area contributed by atoms with Crippen molar-refractivity contribution in [3.63, 3.8) is 0 Å². The van der Waals surface area contributed by atoms with Gasteiger partial charge < -0.3 is 5.11 Å². The fraction of sp³-hybridized carbons (Fsp3) is 0.286. The highest BCUT2D eigenvalue weighted by molar-refractivity contribution is 9.10. The van der Waals surface area contributed by atoms with Crippen molar-refractivity contribution in [2.24, 2.45) is 0 Å². The number of aromatic nitrogens is 1. The van der Waals surface area contributed by atoms with Gasteiger partial charge in [0.05, 0.1) is 11.6 Å². The molecule has 1 heterocycles. The molecule has 0 aliphatic carbocycles. The highest BCUT2D eigenvalue weighted by atomic mass is 79.9. The predicted molar refractivity (Wildman–Crippen MR) is 48.1 cm³/mol. The van der Waals surface area contributed by atoms with Gasteiger partial charge in [-0.1, -0.05) is 0 Å². The first-order chi connectivity index (χ1) is 6.06. The van der Waals surface area contributed by atoms with E-state index in [0.717, 1.165) is 6.07 Å². The lowest BCUT2D eigenvalue weighted by atomic mass is 10.2. The third kappa shape index (κ3) is 2.28. The Kier molecular flexibility index (Phi) is 3.44. The lowest BCUT2D eigenvalue weighted by Crippen LogP contribution is -1.96. The number of hydrogen-bond acceptors (Lipinski definition) is 2. The van der Waals surface area contributed by atoms with Crippen molar-refractivity contribution in [2.45, 2.75) is 12.3 Å². The summed E-state index contributed by atoms with van der Waals surface area (Å²) in [5.74, 6) is -0.428. The molecule has 1 N–H and O–H groups in total. The van der Waals surface area contributed by atoms with Crippen molar-refractivity contribution in [3.8, 4) is 5.75 Å². The van der Waals surface area contributed by atoms with Crippen LogP contribution in [0.3, 0.4) is 0 Å². The van der Waals surface area contributed by atoms with Crippen LogP contribution in [0.25, 0.3) is 0 Å². The smallest absolute Gasteiger partial charge is 0.265 e. The van der Waals surface area contributed by atoms with Crippen molar-refractivity contribution in [3.05, 3.63) is 21.9 Å². The zero-order valence-electron chi connectivity index (χ0n) is 6.27. The number of nitrogens with zero attached hydrogens (tertiary/aromatic N) is 1. The molecule has 0 radical (unpaired) electrons. The molecule has 2 nitrogen and oxygen atoms in total. The Bertz CT molecular complexity index is 322. The maximum absolute atomic E-state index is 12.3. The minimum atomic E-state index is -2.68. The minimum absolute atomic E-state index is 0.0707. The Labute approximate surface area is 86.7 Å². The third-order valence-corrected chi connectivity index (χ3v) is 2.27. The summed E-state index contributed by atoms with van der Waals surface area (Å²) in [6.07, 6.45) is -2.68. The molecule has 0 saturated heterocycles. The number of hydrogen-bond donors (Lipinski definition) is 1. The molecule has 1 aromatic rings. The fourth-order valence-corrected chi connectivity index (χ4v) is 1.37. The molecule has 0 bridgehead atoms. The van der Waals surface area contributed by atoms with Crippen LogP contribution in [-0.4, -0.2) is 10.1 Å². The van der Waals surface area contributed by atoms with Crippen molar-refractivity contribution >= 4 is 27.5 Å². The zero-order chi connectivity index (χ0) is 10.0. The van der Waals surface area contributed by atoms with Crippen molar-refractivity contribution in [2.75, 3.05) is 0 Å². The molecule has 0 aromatic carbocycles. The van der Waals surface area contributed by atoms with E-state index in [-0.39, 0.29) is 27.5 Å². The molecule has 0 spiro atoms. The first kappa shape index (κ1) is 10.7. The molecule has 72 valence electrons. The van der Waals surface area contributed by atoms with Crippen LogP contribution < -0.4 is 0 Å². The molecule has 0 aliphatic rings. The highest BCUT2D eigenvalue weighted by Crippen LogP contribution is 2.30. The summed E-state index contributed by atoms with van der Waals surface area (Å²) in [4.78, 5) is 3.67. The second kappa shape index (κ2) is 4.19. The van der Waals surface area contributed by atoms with E-state index >= 15 is 0 Å². The molecule has 0 fully saturated rings. The van der Waals surface area contributed by atoms with Gasteiger partial charge in [-0.25, -0.2) is 13.8 Å². The van der Waals surface area contributed by atoms with Gasteiger partial charge in [0, 0.05) is 5.56 Å². The summed E-state index contributed by atoms with van der Waals surface area (Å²) in [7, 11) is 0. The van der Waals surface area contributed by atoms with Gasteiger partial charge in [0.1, 0.15) is 10.4 Å². The van der Waals surface area contributed by atoms with E-state index in [1.165, 1.54) is 0 Å². The van der Waals surface area contributed by atoms with E-state index in [1.54, 1.807) is 0 Å². The van der Waals surface area contributed by atoms with E-state index in [1.807, 2.05) is 0 Å². The topological polar surface area (TPSA) is 33.1 Å². The van der Waals surface area contributed by atoms with Crippen LogP contribution in [0.15, 0.2) is 10.7 Å². The number of aromatic hydroxyl groups is 1. The lowest BCUT2D eigenvalue weighted by Gasteiger charge is -2.06. The Morgan fingerprint density at radius 3 is 2.69 bits per heavy atom. The van der Waals surface area contributed by atoms with Gasteiger partial charge in [-0.2, -0.15) is 0 Å². The Morgan fingerprint density at radius 2 is 2.23 bits per heavy atom. The number of rotatable bonds is 2. The molecular weight excluding hydrogens is 267 g/mol. The summed E-state index contributed by atoms with van der Waals surface area (Å²) < 4.78 is 24.7. The van der Waals surface area contributed by atoms with Crippen LogP contribution in [0.4, 0.5) is 8.78 Å². The van der Waals surface area contributed by atoms with E-state index in [4.69, 9.17) is 16.7 Å². The fourth-order valence-electron chi connectivity index (χ4n) is 0.826. The summed E-state index contributed by atoms with van der Waals surface area (Å²) in [6.45, 7) is 0. The van der Waals surface area contributed by atoms with Gasteiger partial charge in [0.15, 0.2) is 0 Å². The number of alkyl halides is 3. The molecule has 0 unspecified atom stereocenters. The summed E-state index contributed by atoms with van der Waals surface area (Å²) in [6, 6.07) is 0.958. The second-order valence-electron chi connectivity index (χ2n) is 2.27. The first-order valence-corrected chi connectivity index (χ1v) is 4.61. The Morgan fingerprint density at radius 1 is 1.62 bits per heavy atom. The quantitative estimate of drug-likeness (QED) is 0.662. The summed E-state index contributed by atoms with van der Waals surface area (Å²) in [5.41, 5.74) is -0.267. The van der Waals surface area contributed by atoms with E-state index in [0.29, 0.717) is 0 Å². The molecule has 0 saturated carbocycles. The van der Waals surface area contributed by atoms with Gasteiger partial charge in [0.2, 0.25) is 0 Å². The van der Waals surface area contributed by atoms with Gasteiger partial charge in [-0.05, 0) is 22.0 Å². The van der Waals surface area contributed by atoms with Crippen molar-refractivity contribution < 1.29 is 13.9 Å². The Balaban J connectivity index is 3.25. The normalized spacial score (nSPS) is 10.8. The molecule has 1 aromatic heterocycles. The van der Waals surface area contributed by atoms with Gasteiger partial charge in [-0.15, -0.1) is 11.6 Å². The molecule has 6 heteroatoms. The molecule has 0 aliphatic heterocycles. The van der Waals surface area contributed by atoms with E-state index in [2.05, 4.69) is 20.9 Å². The van der Waals surface area contributed by atoms with Crippen molar-refractivity contribution in [1.29, 1.82) is 0 Å². The maximum atomic E-state index is 12.3. The first-order valence-electron chi connectivity index (χ1n) is 3.28. The van der Waals surface area contributed by atoms with E-state index in [9.17, 15) is 8.78 Å². The average Bonchev–Trinajstić information content (AvgIpc) is 2.08. The Hall–Kier alpha value is -0.420. The van der Waals surface area contributed by atoms with Crippen LogP contribution in [0.5, 0.6) is 5.75 Å². The molecule has 0 atom stereocenters. The van der Waals surface area contributed by atoms with Crippen LogP contribution in [0.1, 0.15) is 17.7 Å². The molecular formula is C7H5BrClF2NO. The standard InChI is InChI=1S/C7H5BrClF2NO/c8-6-5(13)1-3(7(10)11)4(2-9)12-6/h1,7,13H,2H2. The van der Waals surface area contributed by atoms with E-state index < -0.39 is 6.43 Å². The van der Waals surface area contributed by atoms with Crippen molar-refractivity contribution in [1.82, 2.24) is 4.98 Å². The minimum Gasteiger partial charge on any atom is -0.505 e. The largest absolute Gasteiger partial charge is 0.505 e. The van der Waals surface area contributed by atoms with Crippen LogP contribution in [-0.2, 0) is 5.88 Å². The number of pyridine rings is 1. The lowest BCUT2D eigenvalue weighted by molar-refractivity contribution is 0.149. The highest BCUT2D eigenvalue weighted by Gasteiger charge is 2.16. The van der Waals surface area contributed by atoms with Crippen LogP contribution >= 0.6 is 27.5 Å². The molecule has 13 heavy (non-hydrogen) atoms. The molecule has 0 amide bonds. The molecule has 1 rings (SSSR count). The van der Waals surface area contributed by atoms with Gasteiger partial charge in [-0.3, -0.25) is 0 Å².